The second kappa shape index (κ2) is 12.2. The molecule has 0 saturated carbocycles. The summed E-state index contributed by atoms with van der Waals surface area (Å²) in [6.45, 7) is 0.677. The number of anilines is 3. The number of benzene rings is 1. The molecule has 45 heavy (non-hydrogen) atoms. The Morgan fingerprint density at radius 2 is 1.82 bits per heavy atom. The first kappa shape index (κ1) is 29.5. The number of amides is 3. The third-order valence-electron chi connectivity index (χ3n) is 6.67. The first-order chi connectivity index (χ1) is 21.6. The van der Waals surface area contributed by atoms with Crippen LogP contribution in [-0.4, -0.2) is 33.4 Å². The summed E-state index contributed by atoms with van der Waals surface area (Å²) in [5, 5.41) is 17.3. The second-order valence-electron chi connectivity index (χ2n) is 9.82. The zero-order valence-electron chi connectivity index (χ0n) is 23.1. The maximum Gasteiger partial charge on any atom is 0.417 e. The third kappa shape index (κ3) is 6.83. The number of nitrogens with zero attached hydrogens (tertiary/aromatic N) is 5. The van der Waals surface area contributed by atoms with Crippen molar-refractivity contribution in [1.82, 2.24) is 15.0 Å². The highest BCUT2D eigenvalue weighted by Gasteiger charge is 2.32. The van der Waals surface area contributed by atoms with E-state index in [9.17, 15) is 28.0 Å². The van der Waals surface area contributed by atoms with E-state index in [2.05, 4.69) is 25.6 Å². The Kier molecular flexibility index (Phi) is 8.00. The second-order valence-corrected chi connectivity index (χ2v) is 10.8. The van der Waals surface area contributed by atoms with Crippen molar-refractivity contribution in [2.75, 3.05) is 22.1 Å². The normalized spacial score (nSPS) is 13.1. The number of alkyl halides is 3. The molecule has 0 aliphatic carbocycles. The first-order valence-corrected chi connectivity index (χ1v) is 14.3. The summed E-state index contributed by atoms with van der Waals surface area (Å²) >= 11 is 1.44. The van der Waals surface area contributed by atoms with Crippen LogP contribution in [0.1, 0.15) is 18.4 Å². The number of halogens is 3. The molecule has 4 aromatic heterocycles. The number of aromatic nitrogens is 4. The van der Waals surface area contributed by atoms with Gasteiger partial charge in [-0.2, -0.15) is 17.9 Å². The van der Waals surface area contributed by atoms with E-state index in [0.717, 1.165) is 29.1 Å². The molecule has 0 unspecified atom stereocenters. The lowest BCUT2D eigenvalue weighted by atomic mass is 10.1. The van der Waals surface area contributed by atoms with Crippen LogP contribution in [0.2, 0.25) is 0 Å². The smallest absolute Gasteiger partial charge is 0.417 e. The Bertz CT molecular complexity index is 1870. The lowest BCUT2D eigenvalue weighted by molar-refractivity contribution is -0.604. The van der Waals surface area contributed by atoms with E-state index in [4.69, 9.17) is 4.74 Å². The molecular formula is C30H22F3N7O4S. The van der Waals surface area contributed by atoms with Crippen LogP contribution in [-0.2, 0) is 11.0 Å². The number of thiazole rings is 1. The summed E-state index contributed by atoms with van der Waals surface area (Å²) in [5.41, 5.74) is 0.0287. The van der Waals surface area contributed by atoms with Crippen LogP contribution >= 0.6 is 11.3 Å². The van der Waals surface area contributed by atoms with Gasteiger partial charge < -0.3 is 20.6 Å². The summed E-state index contributed by atoms with van der Waals surface area (Å²) in [5.74, 6) is 0.827. The van der Waals surface area contributed by atoms with Crippen molar-refractivity contribution >= 4 is 39.8 Å². The van der Waals surface area contributed by atoms with Gasteiger partial charge in [0.2, 0.25) is 11.8 Å². The minimum absolute atomic E-state index is 0.0197. The van der Waals surface area contributed by atoms with Gasteiger partial charge in [0, 0.05) is 37.5 Å². The van der Waals surface area contributed by atoms with Crippen LogP contribution in [0.3, 0.4) is 0 Å². The summed E-state index contributed by atoms with van der Waals surface area (Å²) in [4.78, 5) is 39.8. The highest BCUT2D eigenvalue weighted by atomic mass is 32.1. The van der Waals surface area contributed by atoms with Crippen LogP contribution in [0, 0.1) is 5.21 Å². The van der Waals surface area contributed by atoms with Gasteiger partial charge in [-0.05, 0) is 54.4 Å². The molecule has 1 saturated heterocycles. The minimum atomic E-state index is -4.70. The van der Waals surface area contributed by atoms with Gasteiger partial charge in [-0.25, -0.2) is 14.8 Å². The summed E-state index contributed by atoms with van der Waals surface area (Å²) in [7, 11) is 0. The number of urea groups is 1. The molecule has 0 bridgehead atoms. The monoisotopic (exact) mass is 633 g/mol. The summed E-state index contributed by atoms with van der Waals surface area (Å²) in [6.07, 6.45) is 2.69. The van der Waals surface area contributed by atoms with Crippen molar-refractivity contribution in [1.29, 1.82) is 0 Å². The van der Waals surface area contributed by atoms with Crippen molar-refractivity contribution in [3.8, 4) is 33.3 Å². The molecule has 15 heteroatoms. The van der Waals surface area contributed by atoms with Gasteiger partial charge in [-0.15, -0.1) is 0 Å². The van der Waals surface area contributed by atoms with Crippen LogP contribution < -0.4 is 25.0 Å². The third-order valence-corrected chi connectivity index (χ3v) is 7.73. The van der Waals surface area contributed by atoms with E-state index >= 15 is 0 Å². The summed E-state index contributed by atoms with van der Waals surface area (Å²) < 4.78 is 46.3. The minimum Gasteiger partial charge on any atom is -0.619 e. The molecule has 6 rings (SSSR count). The topological polar surface area (TPSA) is 136 Å². The average Bonchev–Trinajstić information content (AvgIpc) is 3.67. The van der Waals surface area contributed by atoms with Crippen molar-refractivity contribution in [2.24, 2.45) is 0 Å². The largest absolute Gasteiger partial charge is 0.619 e. The van der Waals surface area contributed by atoms with Crippen molar-refractivity contribution in [2.45, 2.75) is 19.0 Å². The molecule has 11 nitrogen and oxygen atoms in total. The number of nitrogens with one attached hydrogen (secondary N) is 2. The van der Waals surface area contributed by atoms with Crippen molar-refractivity contribution in [3.05, 3.63) is 96.4 Å². The molecule has 5 heterocycles. The van der Waals surface area contributed by atoms with Gasteiger partial charge in [-0.3, -0.25) is 14.7 Å². The molecule has 3 amide bonds. The van der Waals surface area contributed by atoms with Crippen LogP contribution in [0.15, 0.2) is 85.6 Å². The standard InChI is InChI=1S/C30H22F3N7O4S/c31-30(32,33)20-13-23(27(35-14-20)19-3-1-11-39(43)17-19)38-28(42)37-21-7-10-25(34-15-21)44-22-8-5-18(6-9-22)24-16-36-29(45-24)40-12-2-4-26(40)41/h1,3,5-11,13-17H,2,4,12H2,(H2,37,38,42). The molecule has 0 spiro atoms. The zero-order chi connectivity index (χ0) is 31.6. The first-order valence-electron chi connectivity index (χ1n) is 13.5. The fourth-order valence-electron chi connectivity index (χ4n) is 4.52. The van der Waals surface area contributed by atoms with Gasteiger partial charge in [0.1, 0.15) is 5.75 Å². The van der Waals surface area contributed by atoms with Gasteiger partial charge in [0.25, 0.3) is 0 Å². The van der Waals surface area contributed by atoms with Gasteiger partial charge in [-0.1, -0.05) is 11.3 Å². The molecule has 1 fully saturated rings. The fourth-order valence-corrected chi connectivity index (χ4v) is 5.49. The molecule has 0 atom stereocenters. The number of pyridine rings is 3. The fraction of sp³-hybridized carbons (Fsp3) is 0.133. The molecule has 1 aromatic carbocycles. The van der Waals surface area contributed by atoms with Gasteiger partial charge in [0.05, 0.1) is 39.3 Å². The number of carbonyl (C=O) groups excluding carboxylic acids is 2. The maximum atomic E-state index is 13.4. The predicted molar refractivity (Wildman–Crippen MR) is 160 cm³/mol. The van der Waals surface area contributed by atoms with E-state index in [-0.39, 0.29) is 34.4 Å². The highest BCUT2D eigenvalue weighted by Crippen LogP contribution is 2.35. The lowest BCUT2D eigenvalue weighted by Gasteiger charge is -2.14. The Hall–Kier alpha value is -5.57. The number of hydrogen-bond acceptors (Lipinski definition) is 8. The Morgan fingerprint density at radius 1 is 1.00 bits per heavy atom. The highest BCUT2D eigenvalue weighted by molar-refractivity contribution is 7.19. The van der Waals surface area contributed by atoms with Crippen LogP contribution in [0.4, 0.5) is 34.5 Å². The van der Waals surface area contributed by atoms with Crippen LogP contribution in [0.25, 0.3) is 21.7 Å². The van der Waals surface area contributed by atoms with Crippen molar-refractivity contribution in [3.63, 3.8) is 0 Å². The van der Waals surface area contributed by atoms with Gasteiger partial charge >= 0.3 is 12.2 Å². The molecule has 0 radical (unpaired) electrons. The average molecular weight is 634 g/mol. The Morgan fingerprint density at radius 3 is 2.51 bits per heavy atom. The molecule has 228 valence electrons. The van der Waals surface area contributed by atoms with Gasteiger partial charge in [0.15, 0.2) is 17.5 Å². The maximum absolute atomic E-state index is 13.4. The quantitative estimate of drug-likeness (QED) is 0.155. The van der Waals surface area contributed by atoms with E-state index in [0.29, 0.717) is 34.8 Å². The molecular weight excluding hydrogens is 611 g/mol. The number of rotatable bonds is 7. The lowest BCUT2D eigenvalue weighted by Crippen LogP contribution is -2.24. The number of ether oxygens (including phenoxy) is 1. The molecule has 1 aliphatic rings. The van der Waals surface area contributed by atoms with E-state index in [1.54, 1.807) is 23.2 Å². The number of carbonyl (C=O) groups is 2. The van der Waals surface area contributed by atoms with E-state index in [1.165, 1.54) is 48.0 Å². The number of hydrogen-bond donors (Lipinski definition) is 2. The van der Waals surface area contributed by atoms with Crippen LogP contribution in [0.5, 0.6) is 11.6 Å². The zero-order valence-corrected chi connectivity index (χ0v) is 23.9. The molecule has 1 aliphatic heterocycles. The summed E-state index contributed by atoms with van der Waals surface area (Å²) in [6, 6.07) is 13.1. The van der Waals surface area contributed by atoms with E-state index < -0.39 is 17.8 Å². The van der Waals surface area contributed by atoms with Crippen molar-refractivity contribution < 1.29 is 32.2 Å². The predicted octanol–water partition coefficient (Wildman–Crippen LogP) is 6.48. The van der Waals surface area contributed by atoms with E-state index in [1.807, 2.05) is 12.1 Å². The Labute approximate surface area is 257 Å². The SMILES string of the molecule is O=C(Nc1ccc(Oc2ccc(-c3cnc(N4CCCC4=O)s3)cc2)nc1)Nc1cc(C(F)(F)F)cnc1-c1ccc[n+]([O-])c1. The Balaban J connectivity index is 1.10. The molecule has 2 N–H and O–H groups in total. The molecule has 5 aromatic rings.